The number of morpholine rings is 1. The molecule has 2 aromatic heterocycles. The summed E-state index contributed by atoms with van der Waals surface area (Å²) in [5, 5.41) is 12.2. The summed E-state index contributed by atoms with van der Waals surface area (Å²) in [6.07, 6.45) is 2.45. The van der Waals surface area contributed by atoms with Crippen molar-refractivity contribution in [1.82, 2.24) is 25.0 Å². The molecule has 6 rings (SSSR count). The number of fused-ring (bicyclic) bond motifs is 3. The van der Waals surface area contributed by atoms with Gasteiger partial charge in [0.25, 0.3) is 5.91 Å². The molecule has 2 aliphatic heterocycles. The van der Waals surface area contributed by atoms with Gasteiger partial charge >= 0.3 is 0 Å². The molecule has 0 spiro atoms. The highest BCUT2D eigenvalue weighted by Gasteiger charge is 2.23. The summed E-state index contributed by atoms with van der Waals surface area (Å²) in [5.74, 6) is 1.37. The number of amides is 1. The minimum atomic E-state index is -0.0937. The molecule has 1 amide bonds. The monoisotopic (exact) mass is 535 g/mol. The van der Waals surface area contributed by atoms with Crippen molar-refractivity contribution in [2.75, 3.05) is 46.0 Å². The maximum absolute atomic E-state index is 12.8. The van der Waals surface area contributed by atoms with Gasteiger partial charge in [-0.25, -0.2) is 0 Å². The van der Waals surface area contributed by atoms with Crippen molar-refractivity contribution in [3.63, 3.8) is 0 Å². The molecule has 2 aliphatic rings. The van der Waals surface area contributed by atoms with E-state index in [-0.39, 0.29) is 5.91 Å². The Balaban J connectivity index is 1.23. The average molecular weight is 536 g/mol. The van der Waals surface area contributed by atoms with Crippen molar-refractivity contribution in [3.05, 3.63) is 71.0 Å². The Hall–Kier alpha value is -3.24. The van der Waals surface area contributed by atoms with Gasteiger partial charge in [-0.05, 0) is 42.0 Å². The third-order valence-electron chi connectivity index (χ3n) is 6.62. The van der Waals surface area contributed by atoms with Gasteiger partial charge in [-0.3, -0.25) is 14.3 Å². The number of halogens is 1. The van der Waals surface area contributed by atoms with Crippen LogP contribution in [0.25, 0.3) is 26.8 Å². The molecule has 0 aliphatic carbocycles. The fourth-order valence-corrected chi connectivity index (χ4v) is 6.12. The number of para-hydroxylation sites is 1. The van der Waals surface area contributed by atoms with Crippen molar-refractivity contribution in [2.24, 2.45) is 0 Å². The zero-order valence-electron chi connectivity index (χ0n) is 20.2. The lowest BCUT2D eigenvalue weighted by atomic mass is 10.0. The highest BCUT2D eigenvalue weighted by atomic mass is 35.5. The number of benzene rings is 2. The standard InChI is InChI=1S/C27H26ClN5O3S/c28-21-3-1-2-4-22(21)33-17-30-31-26(33)24-16-18-7-12-36-23-15-19(5-6-20(23)25(18)37-24)27(34)29-8-9-32-10-13-35-14-11-32/h1-6,15-17H,7-14H2,(H,29,34). The Morgan fingerprint density at radius 1 is 1.11 bits per heavy atom. The van der Waals surface area contributed by atoms with Gasteiger partial charge in [-0.1, -0.05) is 23.7 Å². The van der Waals surface area contributed by atoms with Crippen LogP contribution in [0.3, 0.4) is 0 Å². The molecular weight excluding hydrogens is 510 g/mol. The van der Waals surface area contributed by atoms with E-state index < -0.39 is 0 Å². The molecule has 8 nitrogen and oxygen atoms in total. The van der Waals surface area contributed by atoms with Crippen LogP contribution in [0.2, 0.25) is 5.02 Å². The van der Waals surface area contributed by atoms with E-state index >= 15 is 0 Å². The summed E-state index contributed by atoms with van der Waals surface area (Å²) < 4.78 is 13.4. The largest absolute Gasteiger partial charge is 0.493 e. The second-order valence-corrected chi connectivity index (χ2v) is 10.4. The van der Waals surface area contributed by atoms with Crippen LogP contribution in [0.5, 0.6) is 5.75 Å². The molecule has 4 heterocycles. The first-order valence-corrected chi connectivity index (χ1v) is 13.5. The molecule has 0 radical (unpaired) electrons. The molecule has 0 bridgehead atoms. The first kappa shape index (κ1) is 24.1. The van der Waals surface area contributed by atoms with Gasteiger partial charge in [0.05, 0.1) is 35.4 Å². The maximum atomic E-state index is 12.8. The second kappa shape index (κ2) is 10.6. The van der Waals surface area contributed by atoms with Crippen LogP contribution in [-0.4, -0.2) is 71.6 Å². The number of thiophene rings is 1. The summed E-state index contributed by atoms with van der Waals surface area (Å²) in [5.41, 5.74) is 3.60. The van der Waals surface area contributed by atoms with E-state index in [0.717, 1.165) is 71.8 Å². The van der Waals surface area contributed by atoms with Crippen molar-refractivity contribution in [3.8, 4) is 32.6 Å². The van der Waals surface area contributed by atoms with E-state index in [1.165, 1.54) is 5.56 Å². The first-order valence-electron chi connectivity index (χ1n) is 12.3. The maximum Gasteiger partial charge on any atom is 0.251 e. The summed E-state index contributed by atoms with van der Waals surface area (Å²) >= 11 is 8.09. The van der Waals surface area contributed by atoms with Gasteiger partial charge in [0, 0.05) is 48.6 Å². The molecule has 190 valence electrons. The zero-order chi connectivity index (χ0) is 25.2. The summed E-state index contributed by atoms with van der Waals surface area (Å²) in [6.45, 7) is 5.26. The number of ether oxygens (including phenoxy) is 2. The third-order valence-corrected chi connectivity index (χ3v) is 8.15. The number of nitrogens with zero attached hydrogens (tertiary/aromatic N) is 4. The van der Waals surface area contributed by atoms with Crippen LogP contribution in [0.1, 0.15) is 15.9 Å². The average Bonchev–Trinajstić information content (AvgIpc) is 3.53. The lowest BCUT2D eigenvalue weighted by molar-refractivity contribution is 0.0383. The Labute approximate surface area is 223 Å². The number of nitrogens with one attached hydrogen (secondary N) is 1. The minimum Gasteiger partial charge on any atom is -0.493 e. The summed E-state index contributed by atoms with van der Waals surface area (Å²) in [7, 11) is 0. The Morgan fingerprint density at radius 3 is 2.84 bits per heavy atom. The molecule has 0 saturated carbocycles. The van der Waals surface area contributed by atoms with E-state index in [9.17, 15) is 4.79 Å². The molecule has 4 aromatic rings. The van der Waals surface area contributed by atoms with Crippen molar-refractivity contribution >= 4 is 28.8 Å². The fourth-order valence-electron chi connectivity index (χ4n) is 4.67. The predicted octanol–water partition coefficient (Wildman–Crippen LogP) is 4.31. The quantitative estimate of drug-likeness (QED) is 0.396. The van der Waals surface area contributed by atoms with E-state index in [2.05, 4.69) is 26.5 Å². The molecule has 1 N–H and O–H groups in total. The van der Waals surface area contributed by atoms with E-state index in [4.69, 9.17) is 21.1 Å². The van der Waals surface area contributed by atoms with Crippen LogP contribution in [0.4, 0.5) is 0 Å². The van der Waals surface area contributed by atoms with Gasteiger partial charge in [0.15, 0.2) is 5.82 Å². The number of carbonyl (C=O) groups is 1. The molecular formula is C27H26ClN5O3S. The summed E-state index contributed by atoms with van der Waals surface area (Å²) in [4.78, 5) is 17.2. The molecule has 0 unspecified atom stereocenters. The summed E-state index contributed by atoms with van der Waals surface area (Å²) in [6, 6.07) is 15.5. The number of rotatable bonds is 6. The molecule has 1 fully saturated rings. The van der Waals surface area contributed by atoms with Crippen LogP contribution in [-0.2, 0) is 11.2 Å². The van der Waals surface area contributed by atoms with Crippen LogP contribution < -0.4 is 10.1 Å². The number of hydrogen-bond acceptors (Lipinski definition) is 7. The first-order chi connectivity index (χ1) is 18.2. The fraction of sp³-hybridized carbons (Fsp3) is 0.296. The van der Waals surface area contributed by atoms with E-state index in [0.29, 0.717) is 23.7 Å². The lowest BCUT2D eigenvalue weighted by Crippen LogP contribution is -2.41. The highest BCUT2D eigenvalue weighted by Crippen LogP contribution is 2.44. The topological polar surface area (TPSA) is 81.5 Å². The van der Waals surface area contributed by atoms with Crippen LogP contribution in [0, 0.1) is 0 Å². The van der Waals surface area contributed by atoms with Gasteiger partial charge in [0.1, 0.15) is 12.1 Å². The molecule has 2 aromatic carbocycles. The minimum absolute atomic E-state index is 0.0937. The normalized spacial score (nSPS) is 15.4. The van der Waals surface area contributed by atoms with Crippen LogP contribution >= 0.6 is 22.9 Å². The SMILES string of the molecule is O=C(NCCN1CCOCC1)c1ccc2c(c1)OCCc1cc(-c3nncn3-c3ccccc3Cl)sc1-2. The second-order valence-electron chi connectivity index (χ2n) is 8.96. The molecule has 1 saturated heterocycles. The van der Waals surface area contributed by atoms with E-state index in [1.807, 2.05) is 47.0 Å². The Bertz CT molecular complexity index is 1430. The van der Waals surface area contributed by atoms with E-state index in [1.54, 1.807) is 17.7 Å². The van der Waals surface area contributed by atoms with Gasteiger partial charge in [-0.15, -0.1) is 21.5 Å². The predicted molar refractivity (Wildman–Crippen MR) is 144 cm³/mol. The Morgan fingerprint density at radius 2 is 1.97 bits per heavy atom. The third kappa shape index (κ3) is 5.00. The molecule has 37 heavy (non-hydrogen) atoms. The van der Waals surface area contributed by atoms with Gasteiger partial charge < -0.3 is 14.8 Å². The Kier molecular flexibility index (Phi) is 6.93. The number of hydrogen-bond donors (Lipinski definition) is 1. The zero-order valence-corrected chi connectivity index (χ0v) is 21.7. The van der Waals surface area contributed by atoms with Gasteiger partial charge in [-0.2, -0.15) is 0 Å². The van der Waals surface area contributed by atoms with Crippen molar-refractivity contribution in [1.29, 1.82) is 0 Å². The van der Waals surface area contributed by atoms with Crippen LogP contribution in [0.15, 0.2) is 54.9 Å². The molecule has 10 heteroatoms. The highest BCUT2D eigenvalue weighted by molar-refractivity contribution is 7.19. The smallest absolute Gasteiger partial charge is 0.251 e. The number of aromatic nitrogens is 3. The molecule has 0 atom stereocenters. The van der Waals surface area contributed by atoms with Gasteiger partial charge in [0.2, 0.25) is 0 Å². The lowest BCUT2D eigenvalue weighted by Gasteiger charge is -2.26. The number of carbonyl (C=O) groups excluding carboxylic acids is 1. The van der Waals surface area contributed by atoms with Crippen molar-refractivity contribution in [2.45, 2.75) is 6.42 Å². The van der Waals surface area contributed by atoms with Crippen molar-refractivity contribution < 1.29 is 14.3 Å².